The van der Waals surface area contributed by atoms with Crippen LogP contribution in [0.25, 0.3) is 6.08 Å². The molecule has 80 valence electrons. The van der Waals surface area contributed by atoms with Gasteiger partial charge in [0.2, 0.25) is 0 Å². The third-order valence-corrected chi connectivity index (χ3v) is 1.96. The summed E-state index contributed by atoms with van der Waals surface area (Å²) in [6.07, 6.45) is 7.06. The first kappa shape index (κ1) is 11.7. The van der Waals surface area contributed by atoms with Crippen LogP contribution in [0.3, 0.4) is 0 Å². The number of benzene rings is 1. The van der Waals surface area contributed by atoms with Crippen LogP contribution in [-0.4, -0.2) is 22.9 Å². The van der Waals surface area contributed by atoms with Gasteiger partial charge in [0.15, 0.2) is 0 Å². The number of aliphatic hydroxyl groups is 2. The zero-order valence-electron chi connectivity index (χ0n) is 8.58. The number of hydrogen-bond donors (Lipinski definition) is 2. The van der Waals surface area contributed by atoms with Gasteiger partial charge in [-0.3, -0.25) is 0 Å². The lowest BCUT2D eigenvalue weighted by Crippen LogP contribution is -1.99. The van der Waals surface area contributed by atoms with Crippen molar-refractivity contribution in [2.24, 2.45) is 0 Å². The second-order valence-electron chi connectivity index (χ2n) is 3.23. The number of hydrogen-bond acceptors (Lipinski definition) is 2. The molecule has 0 heterocycles. The lowest BCUT2D eigenvalue weighted by atomic mass is 10.1. The third-order valence-electron chi connectivity index (χ3n) is 1.96. The molecule has 15 heavy (non-hydrogen) atoms. The molecule has 0 aromatic heterocycles. The molecule has 0 radical (unpaired) electrons. The van der Waals surface area contributed by atoms with E-state index in [0.717, 1.165) is 5.56 Å². The third kappa shape index (κ3) is 5.15. The van der Waals surface area contributed by atoms with E-state index in [0.29, 0.717) is 6.42 Å². The Morgan fingerprint density at radius 1 is 1.13 bits per heavy atom. The van der Waals surface area contributed by atoms with Crippen LogP contribution >= 0.6 is 0 Å². The van der Waals surface area contributed by atoms with Crippen molar-refractivity contribution in [3.8, 4) is 0 Å². The van der Waals surface area contributed by atoms with Crippen molar-refractivity contribution in [3.63, 3.8) is 0 Å². The summed E-state index contributed by atoms with van der Waals surface area (Å²) in [5.74, 6) is 0. The highest BCUT2D eigenvalue weighted by molar-refractivity contribution is 5.49. The van der Waals surface area contributed by atoms with Crippen LogP contribution in [-0.2, 0) is 0 Å². The van der Waals surface area contributed by atoms with E-state index >= 15 is 0 Å². The van der Waals surface area contributed by atoms with Gasteiger partial charge in [0.1, 0.15) is 0 Å². The van der Waals surface area contributed by atoms with E-state index in [1.165, 1.54) is 0 Å². The predicted octanol–water partition coefficient (Wildman–Crippen LogP) is 2.00. The van der Waals surface area contributed by atoms with Crippen molar-refractivity contribution in [3.05, 3.63) is 54.1 Å². The summed E-state index contributed by atoms with van der Waals surface area (Å²) in [6, 6.07) is 9.83. The summed E-state index contributed by atoms with van der Waals surface area (Å²) in [4.78, 5) is 0. The largest absolute Gasteiger partial charge is 0.392 e. The second-order valence-corrected chi connectivity index (χ2v) is 3.23. The Kier molecular flexibility index (Phi) is 5.44. The minimum Gasteiger partial charge on any atom is -0.392 e. The van der Waals surface area contributed by atoms with Gasteiger partial charge in [-0.15, -0.1) is 0 Å². The number of aliphatic hydroxyl groups excluding tert-OH is 2. The Morgan fingerprint density at radius 2 is 1.87 bits per heavy atom. The molecule has 2 heteroatoms. The Hall–Kier alpha value is -1.38. The monoisotopic (exact) mass is 204 g/mol. The fourth-order valence-electron chi connectivity index (χ4n) is 1.18. The molecule has 2 N–H and O–H groups in total. The van der Waals surface area contributed by atoms with Gasteiger partial charge in [0.05, 0.1) is 12.7 Å². The summed E-state index contributed by atoms with van der Waals surface area (Å²) in [5, 5.41) is 18.0. The maximum absolute atomic E-state index is 9.52. The molecule has 0 saturated carbocycles. The van der Waals surface area contributed by atoms with Crippen LogP contribution in [0, 0.1) is 0 Å². The standard InChI is InChI=1S/C13H16O2/c14-11-5-4-8-13(15)10-9-12-6-2-1-3-7-12/h1-7,9-10,13-15H,8,11H2/b5-4-,10-9+/t13-/m1/s1. The zero-order valence-corrected chi connectivity index (χ0v) is 8.58. The summed E-state index contributed by atoms with van der Waals surface area (Å²) < 4.78 is 0. The van der Waals surface area contributed by atoms with Gasteiger partial charge >= 0.3 is 0 Å². The molecule has 1 atom stereocenters. The molecule has 0 unspecified atom stereocenters. The van der Waals surface area contributed by atoms with Gasteiger partial charge in [0.25, 0.3) is 0 Å². The van der Waals surface area contributed by atoms with Gasteiger partial charge in [-0.25, -0.2) is 0 Å². The van der Waals surface area contributed by atoms with E-state index in [1.807, 2.05) is 36.4 Å². The molecule has 0 aliphatic rings. The highest BCUT2D eigenvalue weighted by Gasteiger charge is 1.94. The van der Waals surface area contributed by atoms with E-state index in [2.05, 4.69) is 0 Å². The molecule has 0 aliphatic carbocycles. The van der Waals surface area contributed by atoms with Crippen LogP contribution < -0.4 is 0 Å². The molecule has 1 aromatic rings. The van der Waals surface area contributed by atoms with Gasteiger partial charge in [-0.1, -0.05) is 54.6 Å². The smallest absolute Gasteiger partial charge is 0.0758 e. The van der Waals surface area contributed by atoms with E-state index in [9.17, 15) is 5.11 Å². The van der Waals surface area contributed by atoms with Crippen molar-refractivity contribution < 1.29 is 10.2 Å². The van der Waals surface area contributed by atoms with Crippen molar-refractivity contribution in [1.82, 2.24) is 0 Å². The Bertz CT molecular complexity index is 315. The molecule has 0 amide bonds. The fourth-order valence-corrected chi connectivity index (χ4v) is 1.18. The highest BCUT2D eigenvalue weighted by Crippen LogP contribution is 2.03. The first-order valence-corrected chi connectivity index (χ1v) is 5.00. The lowest BCUT2D eigenvalue weighted by Gasteiger charge is -2.00. The van der Waals surface area contributed by atoms with Crippen LogP contribution in [0.2, 0.25) is 0 Å². The topological polar surface area (TPSA) is 40.5 Å². The summed E-state index contributed by atoms with van der Waals surface area (Å²) in [6.45, 7) is 0.0229. The predicted molar refractivity (Wildman–Crippen MR) is 62.3 cm³/mol. The van der Waals surface area contributed by atoms with Crippen molar-refractivity contribution >= 4 is 6.08 Å². The molecule has 1 rings (SSSR count). The van der Waals surface area contributed by atoms with Crippen molar-refractivity contribution in [1.29, 1.82) is 0 Å². The second kappa shape index (κ2) is 6.98. The van der Waals surface area contributed by atoms with Crippen molar-refractivity contribution in [2.75, 3.05) is 6.61 Å². The van der Waals surface area contributed by atoms with Gasteiger partial charge < -0.3 is 10.2 Å². The average Bonchev–Trinajstić information content (AvgIpc) is 2.28. The first-order valence-electron chi connectivity index (χ1n) is 5.00. The van der Waals surface area contributed by atoms with Gasteiger partial charge in [-0.2, -0.15) is 0 Å². The Balaban J connectivity index is 2.41. The molecule has 0 fully saturated rings. The molecular formula is C13H16O2. The molecule has 2 nitrogen and oxygen atoms in total. The summed E-state index contributed by atoms with van der Waals surface area (Å²) in [7, 11) is 0. The quantitative estimate of drug-likeness (QED) is 0.720. The lowest BCUT2D eigenvalue weighted by molar-refractivity contribution is 0.227. The molecule has 0 spiro atoms. The molecular weight excluding hydrogens is 188 g/mol. The Morgan fingerprint density at radius 3 is 2.53 bits per heavy atom. The van der Waals surface area contributed by atoms with Gasteiger partial charge in [-0.05, 0) is 12.0 Å². The van der Waals surface area contributed by atoms with E-state index in [4.69, 9.17) is 5.11 Å². The normalized spacial score (nSPS) is 13.7. The van der Waals surface area contributed by atoms with Crippen LogP contribution in [0.15, 0.2) is 48.6 Å². The molecule has 0 saturated heterocycles. The number of rotatable bonds is 5. The van der Waals surface area contributed by atoms with Gasteiger partial charge in [0, 0.05) is 0 Å². The maximum atomic E-state index is 9.52. The fraction of sp³-hybridized carbons (Fsp3) is 0.231. The average molecular weight is 204 g/mol. The molecule has 0 aliphatic heterocycles. The van der Waals surface area contributed by atoms with Crippen LogP contribution in [0.1, 0.15) is 12.0 Å². The van der Waals surface area contributed by atoms with E-state index < -0.39 is 6.10 Å². The Labute approximate surface area is 90.2 Å². The van der Waals surface area contributed by atoms with Crippen LogP contribution in [0.4, 0.5) is 0 Å². The highest BCUT2D eigenvalue weighted by atomic mass is 16.3. The minimum atomic E-state index is -0.493. The molecule has 0 bridgehead atoms. The first-order chi connectivity index (χ1) is 7.33. The maximum Gasteiger partial charge on any atom is 0.0758 e. The zero-order chi connectivity index (χ0) is 10.9. The summed E-state index contributed by atoms with van der Waals surface area (Å²) >= 11 is 0. The SMILES string of the molecule is OC/C=C\C[C@@H](O)/C=C/c1ccccc1. The van der Waals surface area contributed by atoms with Crippen LogP contribution in [0.5, 0.6) is 0 Å². The molecule has 1 aromatic carbocycles. The minimum absolute atomic E-state index is 0.0229. The summed E-state index contributed by atoms with van der Waals surface area (Å²) in [5.41, 5.74) is 1.07. The van der Waals surface area contributed by atoms with E-state index in [1.54, 1.807) is 18.2 Å². The van der Waals surface area contributed by atoms with Crippen molar-refractivity contribution in [2.45, 2.75) is 12.5 Å². The van der Waals surface area contributed by atoms with E-state index in [-0.39, 0.29) is 6.61 Å².